The van der Waals surface area contributed by atoms with Gasteiger partial charge in [0.25, 0.3) is 5.56 Å². The van der Waals surface area contributed by atoms with Crippen LogP contribution in [0.5, 0.6) is 0 Å². The second kappa shape index (κ2) is 6.80. The van der Waals surface area contributed by atoms with E-state index in [2.05, 4.69) is 4.98 Å². The molecule has 3 N–H and O–H groups in total. The van der Waals surface area contributed by atoms with Crippen molar-refractivity contribution in [2.45, 2.75) is 25.4 Å². The number of nitrogens with zero attached hydrogens (tertiary/aromatic N) is 1. The van der Waals surface area contributed by atoms with Crippen molar-refractivity contribution in [3.05, 3.63) is 32.6 Å². The van der Waals surface area contributed by atoms with Crippen LogP contribution in [-0.2, 0) is 14.0 Å². The summed E-state index contributed by atoms with van der Waals surface area (Å²) in [6, 6.07) is 0. The van der Waals surface area contributed by atoms with Gasteiger partial charge in [0.1, 0.15) is 6.10 Å². The highest BCUT2D eigenvalue weighted by Gasteiger charge is 2.49. The first-order valence-electron chi connectivity index (χ1n) is 6.63. The zero-order valence-corrected chi connectivity index (χ0v) is 13.0. The summed E-state index contributed by atoms with van der Waals surface area (Å²) in [5.74, 6) is -0.548. The summed E-state index contributed by atoms with van der Waals surface area (Å²) in [6.45, 7) is 1.17. The predicted octanol–water partition coefficient (Wildman–Crippen LogP) is -0.899. The van der Waals surface area contributed by atoms with Gasteiger partial charge < -0.3 is 14.6 Å². The molecule has 9 nitrogen and oxygen atoms in total. The minimum absolute atomic E-state index is 0.118. The van der Waals surface area contributed by atoms with Gasteiger partial charge in [-0.05, 0) is 11.5 Å². The van der Waals surface area contributed by atoms with Crippen molar-refractivity contribution < 1.29 is 24.0 Å². The van der Waals surface area contributed by atoms with Crippen LogP contribution in [0, 0.1) is 12.8 Å². The number of hydrogen-bond donors (Lipinski definition) is 3. The number of aromatic amines is 1. The predicted molar refractivity (Wildman–Crippen MR) is 76.0 cm³/mol. The Hall–Kier alpha value is -1.38. The van der Waals surface area contributed by atoms with Crippen LogP contribution in [0.2, 0.25) is 0 Å². The minimum Gasteiger partial charge on any atom is -0.394 e. The number of H-pyrrole nitrogens is 1. The van der Waals surface area contributed by atoms with Gasteiger partial charge in [0.15, 0.2) is 12.4 Å². The Morgan fingerprint density at radius 2 is 2.18 bits per heavy atom. The number of hydrogen-bond acceptors (Lipinski definition) is 6. The standard InChI is InChI=1S/C12H17N2O7P/c1-6-3-14(12(17)13-10(6)16)11-9(20-2)7(5-22(18)19)8(4-15)21-11/h3,7-9,11,15H,4-5H2,1-2H3,(H-,13,16,17,18,19)/p+1/t7-,8?,9-,11?/m1/s1. The average molecular weight is 333 g/mol. The lowest BCUT2D eigenvalue weighted by Crippen LogP contribution is -2.38. The lowest BCUT2D eigenvalue weighted by Gasteiger charge is -2.21. The average Bonchev–Trinajstić information content (AvgIpc) is 2.79. The Labute approximate surface area is 126 Å². The highest BCUT2D eigenvalue weighted by Crippen LogP contribution is 2.38. The fourth-order valence-corrected chi connectivity index (χ4v) is 3.45. The van der Waals surface area contributed by atoms with E-state index in [1.807, 2.05) is 0 Å². The van der Waals surface area contributed by atoms with Crippen LogP contribution in [-0.4, -0.2) is 51.6 Å². The quantitative estimate of drug-likeness (QED) is 0.595. The van der Waals surface area contributed by atoms with E-state index in [1.165, 1.54) is 20.2 Å². The molecule has 5 atom stereocenters. The molecule has 0 amide bonds. The molecule has 0 aliphatic carbocycles. The first kappa shape index (κ1) is 17.0. The van der Waals surface area contributed by atoms with Crippen molar-refractivity contribution in [2.24, 2.45) is 5.92 Å². The maximum atomic E-state index is 12.0. The van der Waals surface area contributed by atoms with E-state index in [0.717, 1.165) is 4.57 Å². The Bertz CT molecular complexity index is 670. The van der Waals surface area contributed by atoms with E-state index >= 15 is 0 Å². The molecule has 1 aromatic heterocycles. The van der Waals surface area contributed by atoms with Gasteiger partial charge in [-0.15, -0.1) is 0 Å². The molecule has 2 heterocycles. The summed E-state index contributed by atoms with van der Waals surface area (Å²) < 4.78 is 23.2. The largest absolute Gasteiger partial charge is 0.505 e. The molecular weight excluding hydrogens is 315 g/mol. The molecular formula is C12H18N2O7P+. The van der Waals surface area contributed by atoms with E-state index in [9.17, 15) is 19.3 Å². The van der Waals surface area contributed by atoms with Crippen molar-refractivity contribution in [2.75, 3.05) is 19.9 Å². The molecule has 1 aromatic rings. The molecule has 10 heteroatoms. The monoisotopic (exact) mass is 333 g/mol. The number of ether oxygens (including phenoxy) is 2. The third kappa shape index (κ3) is 3.18. The molecule has 0 saturated carbocycles. The van der Waals surface area contributed by atoms with Crippen LogP contribution in [0.3, 0.4) is 0 Å². The molecule has 1 saturated heterocycles. The van der Waals surface area contributed by atoms with Crippen LogP contribution in [0.1, 0.15) is 11.8 Å². The number of aliphatic hydroxyl groups excluding tert-OH is 1. The Morgan fingerprint density at radius 3 is 2.73 bits per heavy atom. The number of rotatable bonds is 5. The Balaban J connectivity index is 2.43. The number of nitrogens with one attached hydrogen (secondary N) is 1. The van der Waals surface area contributed by atoms with Gasteiger partial charge in [0.2, 0.25) is 0 Å². The minimum atomic E-state index is -2.45. The zero-order valence-electron chi connectivity index (χ0n) is 12.1. The lowest BCUT2D eigenvalue weighted by molar-refractivity contribution is -0.0626. The summed E-state index contributed by atoms with van der Waals surface area (Å²) in [5, 5.41) is 9.39. The molecule has 3 unspecified atom stereocenters. The molecule has 1 aliphatic heterocycles. The number of aromatic nitrogens is 2. The SMILES string of the molecule is CO[C@H]1C(n2cc(C)c(=O)[nH]c2=O)OC(CO)[C@H]1C[P+](=O)O. The summed E-state index contributed by atoms with van der Waals surface area (Å²) in [5.41, 5.74) is -0.856. The molecule has 1 aliphatic rings. The van der Waals surface area contributed by atoms with Gasteiger partial charge in [0, 0.05) is 18.9 Å². The number of aliphatic hydroxyl groups is 1. The van der Waals surface area contributed by atoms with Gasteiger partial charge in [-0.1, -0.05) is 0 Å². The van der Waals surface area contributed by atoms with Gasteiger partial charge >= 0.3 is 13.7 Å². The molecule has 1 fully saturated rings. The molecule has 0 bridgehead atoms. The highest BCUT2D eigenvalue weighted by atomic mass is 31.1. The lowest BCUT2D eigenvalue weighted by atomic mass is 10.0. The third-order valence-electron chi connectivity index (χ3n) is 3.73. The first-order valence-corrected chi connectivity index (χ1v) is 8.03. The van der Waals surface area contributed by atoms with Crippen LogP contribution >= 0.6 is 8.03 Å². The van der Waals surface area contributed by atoms with E-state index in [1.54, 1.807) is 0 Å². The van der Waals surface area contributed by atoms with Gasteiger partial charge in [0.05, 0.1) is 18.6 Å². The zero-order chi connectivity index (χ0) is 16.4. The molecule has 0 radical (unpaired) electrons. The molecule has 122 valence electrons. The summed E-state index contributed by atoms with van der Waals surface area (Å²) in [4.78, 5) is 34.7. The fourth-order valence-electron chi connectivity index (χ4n) is 2.65. The van der Waals surface area contributed by atoms with Crippen molar-refractivity contribution >= 4 is 8.03 Å². The van der Waals surface area contributed by atoms with Crippen molar-refractivity contribution in [3.63, 3.8) is 0 Å². The van der Waals surface area contributed by atoms with Gasteiger partial charge in [-0.25, -0.2) is 4.79 Å². The van der Waals surface area contributed by atoms with E-state index in [4.69, 9.17) is 14.4 Å². The Kier molecular flexibility index (Phi) is 5.25. The summed E-state index contributed by atoms with van der Waals surface area (Å²) in [7, 11) is -1.06. The van der Waals surface area contributed by atoms with Crippen molar-refractivity contribution in [3.8, 4) is 0 Å². The number of methoxy groups -OCH3 is 1. The van der Waals surface area contributed by atoms with Crippen LogP contribution < -0.4 is 11.2 Å². The molecule has 2 rings (SSSR count). The summed E-state index contributed by atoms with van der Waals surface area (Å²) in [6.07, 6.45) is -1.11. The van der Waals surface area contributed by atoms with E-state index < -0.39 is 43.6 Å². The first-order chi connectivity index (χ1) is 10.4. The van der Waals surface area contributed by atoms with Crippen LogP contribution in [0.4, 0.5) is 0 Å². The molecule has 22 heavy (non-hydrogen) atoms. The second-order valence-corrected chi connectivity index (χ2v) is 6.19. The smallest absolute Gasteiger partial charge is 0.394 e. The van der Waals surface area contributed by atoms with Gasteiger partial charge in [-0.2, -0.15) is 4.89 Å². The van der Waals surface area contributed by atoms with Crippen LogP contribution in [0.15, 0.2) is 15.8 Å². The normalized spacial score (nSPS) is 28.8. The summed E-state index contributed by atoms with van der Waals surface area (Å²) >= 11 is 0. The molecule has 0 spiro atoms. The van der Waals surface area contributed by atoms with Crippen molar-refractivity contribution in [1.29, 1.82) is 0 Å². The van der Waals surface area contributed by atoms with Crippen LogP contribution in [0.25, 0.3) is 0 Å². The number of aryl methyl sites for hydroxylation is 1. The third-order valence-corrected chi connectivity index (χ3v) is 4.47. The van der Waals surface area contributed by atoms with Gasteiger partial charge in [-0.3, -0.25) is 14.3 Å². The Morgan fingerprint density at radius 1 is 1.50 bits per heavy atom. The second-order valence-electron chi connectivity index (χ2n) is 5.13. The molecule has 0 aromatic carbocycles. The van der Waals surface area contributed by atoms with Crippen molar-refractivity contribution in [1.82, 2.24) is 9.55 Å². The van der Waals surface area contributed by atoms with E-state index in [0.29, 0.717) is 5.56 Å². The maximum Gasteiger partial charge on any atom is 0.505 e. The topological polar surface area (TPSA) is 131 Å². The highest BCUT2D eigenvalue weighted by molar-refractivity contribution is 7.38. The maximum absolute atomic E-state index is 12.0. The van der Waals surface area contributed by atoms with E-state index in [-0.39, 0.29) is 12.8 Å². The fraction of sp³-hybridized carbons (Fsp3) is 0.667.